The first-order valence-electron chi connectivity index (χ1n) is 9.59. The lowest BCUT2D eigenvalue weighted by Gasteiger charge is -2.34. The van der Waals surface area contributed by atoms with E-state index in [0.29, 0.717) is 13.2 Å². The number of aliphatic carboxylic acids is 1. The molecule has 8 nitrogen and oxygen atoms in total. The number of thioether (sulfide) groups is 1. The van der Waals surface area contributed by atoms with Crippen molar-refractivity contribution in [2.45, 2.75) is 23.6 Å². The summed E-state index contributed by atoms with van der Waals surface area (Å²) in [4.78, 5) is 27.8. The zero-order valence-corrected chi connectivity index (χ0v) is 17.6. The zero-order chi connectivity index (χ0) is 21.1. The van der Waals surface area contributed by atoms with E-state index in [1.54, 1.807) is 0 Å². The van der Waals surface area contributed by atoms with Gasteiger partial charge in [0.15, 0.2) is 5.92 Å². The molecule has 156 valence electrons. The topological polar surface area (TPSA) is 106 Å². The molecule has 0 aromatic heterocycles. The third-order valence-electron chi connectivity index (χ3n) is 5.15. The molecule has 1 aromatic rings. The summed E-state index contributed by atoms with van der Waals surface area (Å²) in [5.74, 6) is -1.91. The normalized spacial score (nSPS) is 26.4. The number of carboxylic acid groups (broad SMARTS) is 1. The first-order valence-corrected chi connectivity index (χ1v) is 10.5. The summed E-state index contributed by atoms with van der Waals surface area (Å²) in [5, 5.41) is 21.3. The molecule has 1 aromatic carbocycles. The van der Waals surface area contributed by atoms with Gasteiger partial charge in [-0.1, -0.05) is 0 Å². The molecule has 2 aliphatic rings. The molecule has 0 spiro atoms. The van der Waals surface area contributed by atoms with Gasteiger partial charge in [0, 0.05) is 24.0 Å². The summed E-state index contributed by atoms with van der Waals surface area (Å²) >= 11 is 1.41. The molecule has 1 saturated heterocycles. The number of hydrogen-bond donors (Lipinski definition) is 2. The monoisotopic (exact) mass is 418 g/mol. The Balaban J connectivity index is 1.62. The number of amides is 1. The lowest BCUT2D eigenvalue weighted by molar-refractivity contribution is -0.142. The number of ether oxygens (including phenoxy) is 1. The minimum Gasteiger partial charge on any atom is -0.492 e. The minimum absolute atomic E-state index is 0.0264. The van der Waals surface area contributed by atoms with Crippen molar-refractivity contribution < 1.29 is 19.4 Å². The van der Waals surface area contributed by atoms with Crippen molar-refractivity contribution in [3.05, 3.63) is 24.3 Å². The number of anilines is 1. The molecule has 9 heteroatoms. The Morgan fingerprint density at radius 1 is 1.41 bits per heavy atom. The number of nitrogens with zero attached hydrogens (tertiary/aromatic N) is 3. The van der Waals surface area contributed by atoms with E-state index in [4.69, 9.17) is 4.74 Å². The zero-order valence-electron chi connectivity index (χ0n) is 16.7. The van der Waals surface area contributed by atoms with Crippen molar-refractivity contribution in [2.24, 2.45) is 11.8 Å². The number of carbonyl (C=O) groups is 2. The molecule has 1 heterocycles. The summed E-state index contributed by atoms with van der Waals surface area (Å²) in [6, 6.07) is 9.36. The van der Waals surface area contributed by atoms with Crippen molar-refractivity contribution in [1.29, 1.82) is 5.26 Å². The van der Waals surface area contributed by atoms with Gasteiger partial charge in [-0.2, -0.15) is 5.26 Å². The Morgan fingerprint density at radius 3 is 2.66 bits per heavy atom. The molecule has 3 rings (SSSR count). The molecule has 29 heavy (non-hydrogen) atoms. The maximum Gasteiger partial charge on any atom is 0.323 e. The first-order chi connectivity index (χ1) is 13.9. The van der Waals surface area contributed by atoms with Crippen LogP contribution in [0.2, 0.25) is 0 Å². The molecule has 1 aliphatic heterocycles. The van der Waals surface area contributed by atoms with Crippen LogP contribution in [0.15, 0.2) is 24.3 Å². The van der Waals surface area contributed by atoms with Gasteiger partial charge < -0.3 is 25.0 Å². The van der Waals surface area contributed by atoms with Gasteiger partial charge in [-0.25, -0.2) is 0 Å². The van der Waals surface area contributed by atoms with Crippen molar-refractivity contribution in [2.75, 3.05) is 39.1 Å². The molecule has 1 amide bonds. The van der Waals surface area contributed by atoms with Crippen LogP contribution in [-0.2, 0) is 9.59 Å². The second-order valence-corrected chi connectivity index (χ2v) is 8.73. The second-order valence-electron chi connectivity index (χ2n) is 7.43. The molecule has 0 radical (unpaired) electrons. The Labute approximate surface area is 174 Å². The molecule has 5 unspecified atom stereocenters. The molecule has 1 aliphatic carbocycles. The summed E-state index contributed by atoms with van der Waals surface area (Å²) < 4.78 is 5.69. The van der Waals surface area contributed by atoms with Crippen LogP contribution in [-0.4, -0.2) is 77.2 Å². The predicted octanol–water partition coefficient (Wildman–Crippen LogP) is 1.55. The van der Waals surface area contributed by atoms with Crippen LogP contribution in [0.3, 0.4) is 0 Å². The van der Waals surface area contributed by atoms with E-state index in [1.165, 1.54) is 16.7 Å². The van der Waals surface area contributed by atoms with E-state index in [-0.39, 0.29) is 23.1 Å². The SMILES string of the molecule is CCN1C(=O)C2C(Nc3ccc(OCCN(C)C)cc3)C2SC1C(C#N)C(=O)O. The van der Waals surface area contributed by atoms with Crippen molar-refractivity contribution >= 4 is 29.3 Å². The van der Waals surface area contributed by atoms with Gasteiger partial charge in [-0.05, 0) is 45.3 Å². The number of likely N-dealkylation sites (N-methyl/N-ethyl adjacent to an activating group) is 1. The van der Waals surface area contributed by atoms with E-state index >= 15 is 0 Å². The lowest BCUT2D eigenvalue weighted by atomic mass is 10.1. The molecule has 2 fully saturated rings. The molecule has 2 N–H and O–H groups in total. The van der Waals surface area contributed by atoms with Gasteiger partial charge in [0.2, 0.25) is 5.91 Å². The maximum absolute atomic E-state index is 12.8. The fourth-order valence-electron chi connectivity index (χ4n) is 3.49. The molecule has 5 atom stereocenters. The fraction of sp³-hybridized carbons (Fsp3) is 0.550. The van der Waals surface area contributed by atoms with Gasteiger partial charge in [0.25, 0.3) is 0 Å². The van der Waals surface area contributed by atoms with Crippen molar-refractivity contribution in [3.63, 3.8) is 0 Å². The van der Waals surface area contributed by atoms with E-state index in [2.05, 4.69) is 5.32 Å². The second kappa shape index (κ2) is 8.93. The van der Waals surface area contributed by atoms with Gasteiger partial charge in [0.1, 0.15) is 17.7 Å². The number of nitriles is 1. The smallest absolute Gasteiger partial charge is 0.323 e. The van der Waals surface area contributed by atoms with Crippen LogP contribution in [0, 0.1) is 23.2 Å². The third-order valence-corrected chi connectivity index (χ3v) is 6.86. The Kier molecular flexibility index (Phi) is 6.55. The number of nitrogens with one attached hydrogen (secondary N) is 1. The lowest BCUT2D eigenvalue weighted by Crippen LogP contribution is -2.48. The Hall–Kier alpha value is -2.44. The number of rotatable bonds is 9. The molecule has 1 saturated carbocycles. The average Bonchev–Trinajstić information content (AvgIpc) is 3.36. The van der Waals surface area contributed by atoms with Crippen LogP contribution in [0.4, 0.5) is 5.69 Å². The van der Waals surface area contributed by atoms with Crippen LogP contribution < -0.4 is 10.1 Å². The van der Waals surface area contributed by atoms with Crippen LogP contribution in [0.25, 0.3) is 0 Å². The minimum atomic E-state index is -1.23. The largest absolute Gasteiger partial charge is 0.492 e. The van der Waals surface area contributed by atoms with E-state index in [0.717, 1.165) is 18.0 Å². The van der Waals surface area contributed by atoms with E-state index in [9.17, 15) is 20.0 Å². The standard InChI is InChI=1S/C20H26N4O4S/c1-4-24-18(25)15-16(17(15)29-19(24)14(11-21)20(26)27)22-12-5-7-13(8-6-12)28-10-9-23(2)3/h5-8,14-17,19,22H,4,9-10H2,1-3H3,(H,26,27). The number of fused-ring (bicyclic) bond motifs is 1. The first kappa shape index (κ1) is 21.3. The highest BCUT2D eigenvalue weighted by Crippen LogP contribution is 2.52. The highest BCUT2D eigenvalue weighted by Gasteiger charge is 2.62. The number of benzene rings is 1. The Bertz CT molecular complexity index is 795. The highest BCUT2D eigenvalue weighted by molar-refractivity contribution is 8.01. The van der Waals surface area contributed by atoms with Gasteiger partial charge in [0.05, 0.1) is 18.0 Å². The fourth-order valence-corrected chi connectivity index (χ4v) is 5.32. The Morgan fingerprint density at radius 2 is 2.10 bits per heavy atom. The molecular formula is C20H26N4O4S. The summed E-state index contributed by atoms with van der Waals surface area (Å²) in [5.41, 5.74) is 0.882. The van der Waals surface area contributed by atoms with Crippen LogP contribution >= 0.6 is 11.8 Å². The summed E-state index contributed by atoms with van der Waals surface area (Å²) in [6.07, 6.45) is 0. The van der Waals surface area contributed by atoms with Crippen molar-refractivity contribution in [3.8, 4) is 11.8 Å². The summed E-state index contributed by atoms with van der Waals surface area (Å²) in [6.45, 7) is 3.63. The van der Waals surface area contributed by atoms with Crippen molar-refractivity contribution in [1.82, 2.24) is 9.80 Å². The third kappa shape index (κ3) is 4.60. The van der Waals surface area contributed by atoms with Gasteiger partial charge in [-0.15, -0.1) is 11.8 Å². The molecule has 0 bridgehead atoms. The quantitative estimate of drug-likeness (QED) is 0.622. The highest BCUT2D eigenvalue weighted by atomic mass is 32.2. The van der Waals surface area contributed by atoms with E-state index in [1.807, 2.05) is 56.3 Å². The van der Waals surface area contributed by atoms with E-state index < -0.39 is 17.3 Å². The molecular weight excluding hydrogens is 392 g/mol. The number of carbonyl (C=O) groups excluding carboxylic acids is 1. The van der Waals surface area contributed by atoms with Crippen LogP contribution in [0.1, 0.15) is 6.92 Å². The van der Waals surface area contributed by atoms with Crippen LogP contribution in [0.5, 0.6) is 5.75 Å². The number of carboxylic acids is 1. The van der Waals surface area contributed by atoms with Gasteiger partial charge in [-0.3, -0.25) is 9.59 Å². The maximum atomic E-state index is 12.8. The summed E-state index contributed by atoms with van der Waals surface area (Å²) in [7, 11) is 3.98. The average molecular weight is 419 g/mol. The van der Waals surface area contributed by atoms with Gasteiger partial charge >= 0.3 is 5.97 Å². The predicted molar refractivity (Wildman–Crippen MR) is 111 cm³/mol. The number of hydrogen-bond acceptors (Lipinski definition) is 7.